The summed E-state index contributed by atoms with van der Waals surface area (Å²) in [4.78, 5) is 12.4. The first-order valence-electron chi connectivity index (χ1n) is 6.87. The van der Waals surface area contributed by atoms with Crippen molar-refractivity contribution in [3.05, 3.63) is 29.6 Å². The fraction of sp³-hybridized carbons (Fsp3) is 0.533. The molecule has 20 heavy (non-hydrogen) atoms. The fourth-order valence-electron chi connectivity index (χ4n) is 2.52. The summed E-state index contributed by atoms with van der Waals surface area (Å²) in [6.45, 7) is 0.584. The van der Waals surface area contributed by atoms with E-state index in [1.807, 2.05) is 0 Å². The van der Waals surface area contributed by atoms with Gasteiger partial charge in [0.1, 0.15) is 11.6 Å². The van der Waals surface area contributed by atoms with E-state index >= 15 is 0 Å². The van der Waals surface area contributed by atoms with E-state index in [1.165, 1.54) is 32.1 Å². The monoisotopic (exact) mass is 343 g/mol. The second-order valence-electron chi connectivity index (χ2n) is 5.12. The van der Waals surface area contributed by atoms with Crippen LogP contribution in [0.25, 0.3) is 0 Å². The van der Waals surface area contributed by atoms with Crippen LogP contribution in [0.15, 0.2) is 18.2 Å². The number of halogens is 2. The normalized spacial score (nSPS) is 22.4. The zero-order valence-corrected chi connectivity index (χ0v) is 13.1. The van der Waals surface area contributed by atoms with E-state index in [1.54, 1.807) is 6.07 Å². The number of hydrogen-bond donors (Lipinski definition) is 1. The van der Waals surface area contributed by atoms with Crippen molar-refractivity contribution in [1.29, 1.82) is 0 Å². The van der Waals surface area contributed by atoms with Gasteiger partial charge in [0.05, 0.1) is 12.7 Å². The second kappa shape index (κ2) is 7.07. The third-order valence-corrected chi connectivity index (χ3v) is 4.97. The van der Waals surface area contributed by atoms with Crippen molar-refractivity contribution in [3.63, 3.8) is 0 Å². The first-order chi connectivity index (χ1) is 9.61. The molecule has 2 rings (SSSR count). The van der Waals surface area contributed by atoms with Crippen molar-refractivity contribution < 1.29 is 13.9 Å². The van der Waals surface area contributed by atoms with E-state index in [9.17, 15) is 9.18 Å². The molecule has 2 atom stereocenters. The van der Waals surface area contributed by atoms with Gasteiger partial charge in [-0.15, -0.1) is 0 Å². The molecule has 1 N–H and O–H groups in total. The standard InChI is InChI=1S/C15H19BrFNO2/c1-20-11-6-7-12(14(17)8-11)15(19)18-9-10-4-2-3-5-13(10)16/h6-8,10,13H,2-5,9H2,1H3,(H,18,19). The zero-order chi connectivity index (χ0) is 14.5. The number of nitrogens with one attached hydrogen (secondary N) is 1. The number of amides is 1. The molecule has 2 unspecified atom stereocenters. The van der Waals surface area contributed by atoms with Crippen LogP contribution in [0.3, 0.4) is 0 Å². The maximum atomic E-state index is 13.8. The number of benzene rings is 1. The molecule has 0 bridgehead atoms. The predicted molar refractivity (Wildman–Crippen MR) is 80.0 cm³/mol. The van der Waals surface area contributed by atoms with Gasteiger partial charge >= 0.3 is 0 Å². The SMILES string of the molecule is COc1ccc(C(=O)NCC2CCCCC2Br)c(F)c1. The molecule has 0 radical (unpaired) electrons. The smallest absolute Gasteiger partial charge is 0.254 e. The Hall–Kier alpha value is -1.10. The molecule has 0 saturated heterocycles. The number of hydrogen-bond acceptors (Lipinski definition) is 2. The minimum Gasteiger partial charge on any atom is -0.497 e. The van der Waals surface area contributed by atoms with Crippen LogP contribution in [-0.2, 0) is 0 Å². The highest BCUT2D eigenvalue weighted by Gasteiger charge is 2.23. The van der Waals surface area contributed by atoms with E-state index in [0.717, 1.165) is 12.8 Å². The molecule has 1 saturated carbocycles. The van der Waals surface area contributed by atoms with Crippen LogP contribution in [0.2, 0.25) is 0 Å². The van der Waals surface area contributed by atoms with Crippen LogP contribution in [0.1, 0.15) is 36.0 Å². The molecule has 1 aliphatic carbocycles. The van der Waals surface area contributed by atoms with Gasteiger partial charge in [0.15, 0.2) is 0 Å². The third-order valence-electron chi connectivity index (χ3n) is 3.76. The van der Waals surface area contributed by atoms with Crippen molar-refractivity contribution in [2.75, 3.05) is 13.7 Å². The van der Waals surface area contributed by atoms with Gasteiger partial charge in [-0.2, -0.15) is 0 Å². The highest BCUT2D eigenvalue weighted by Crippen LogP contribution is 2.29. The van der Waals surface area contributed by atoms with Crippen LogP contribution in [-0.4, -0.2) is 24.4 Å². The molecule has 0 heterocycles. The van der Waals surface area contributed by atoms with Gasteiger partial charge in [0, 0.05) is 17.4 Å². The summed E-state index contributed by atoms with van der Waals surface area (Å²) in [5, 5.41) is 2.83. The highest BCUT2D eigenvalue weighted by atomic mass is 79.9. The molecular formula is C15H19BrFNO2. The molecule has 1 amide bonds. The van der Waals surface area contributed by atoms with Gasteiger partial charge in [-0.25, -0.2) is 4.39 Å². The second-order valence-corrected chi connectivity index (χ2v) is 6.29. The van der Waals surface area contributed by atoms with Crippen molar-refractivity contribution in [2.24, 2.45) is 5.92 Å². The lowest BCUT2D eigenvalue weighted by Crippen LogP contribution is -2.34. The molecule has 3 nitrogen and oxygen atoms in total. The summed E-state index contributed by atoms with van der Waals surface area (Å²) >= 11 is 3.65. The maximum absolute atomic E-state index is 13.8. The summed E-state index contributed by atoms with van der Waals surface area (Å²) < 4.78 is 18.7. The average molecular weight is 344 g/mol. The largest absolute Gasteiger partial charge is 0.497 e. The van der Waals surface area contributed by atoms with E-state index < -0.39 is 5.82 Å². The van der Waals surface area contributed by atoms with E-state index in [2.05, 4.69) is 21.2 Å². The topological polar surface area (TPSA) is 38.3 Å². The predicted octanol–water partition coefficient (Wildman–Crippen LogP) is 3.52. The van der Waals surface area contributed by atoms with E-state index in [-0.39, 0.29) is 11.5 Å². The van der Waals surface area contributed by atoms with Gasteiger partial charge in [0.25, 0.3) is 5.91 Å². The van der Waals surface area contributed by atoms with Crippen LogP contribution >= 0.6 is 15.9 Å². The molecule has 0 spiro atoms. The number of rotatable bonds is 4. The number of alkyl halides is 1. The fourth-order valence-corrected chi connectivity index (χ4v) is 3.29. The first kappa shape index (κ1) is 15.3. The molecule has 5 heteroatoms. The van der Waals surface area contributed by atoms with Crippen LogP contribution in [0.4, 0.5) is 4.39 Å². The van der Waals surface area contributed by atoms with Crippen LogP contribution in [0.5, 0.6) is 5.75 Å². The van der Waals surface area contributed by atoms with Gasteiger partial charge in [-0.3, -0.25) is 4.79 Å². The lowest BCUT2D eigenvalue weighted by molar-refractivity contribution is 0.0940. The Morgan fingerprint density at radius 3 is 2.85 bits per heavy atom. The average Bonchev–Trinajstić information content (AvgIpc) is 2.46. The Kier molecular flexibility index (Phi) is 5.40. The summed E-state index contributed by atoms with van der Waals surface area (Å²) in [7, 11) is 1.47. The number of carbonyl (C=O) groups is 1. The molecule has 0 aromatic heterocycles. The minimum absolute atomic E-state index is 0.0627. The van der Waals surface area contributed by atoms with Crippen LogP contribution in [0, 0.1) is 11.7 Å². The summed E-state index contributed by atoms with van der Waals surface area (Å²) in [5.41, 5.74) is 0.0627. The Morgan fingerprint density at radius 2 is 2.20 bits per heavy atom. The molecule has 1 fully saturated rings. The maximum Gasteiger partial charge on any atom is 0.254 e. The first-order valence-corrected chi connectivity index (χ1v) is 7.79. The van der Waals surface area contributed by atoms with Crippen molar-refractivity contribution in [2.45, 2.75) is 30.5 Å². The van der Waals surface area contributed by atoms with Gasteiger partial charge in [-0.1, -0.05) is 28.8 Å². The van der Waals surface area contributed by atoms with E-state index in [0.29, 0.717) is 23.0 Å². The van der Waals surface area contributed by atoms with E-state index in [4.69, 9.17) is 4.74 Å². The Labute approximate surface area is 127 Å². The quantitative estimate of drug-likeness (QED) is 0.849. The lowest BCUT2D eigenvalue weighted by Gasteiger charge is -2.27. The van der Waals surface area contributed by atoms with Gasteiger partial charge in [-0.05, 0) is 30.9 Å². The number of carbonyl (C=O) groups excluding carboxylic acids is 1. The Balaban J connectivity index is 1.94. The highest BCUT2D eigenvalue weighted by molar-refractivity contribution is 9.09. The molecule has 1 aromatic carbocycles. The third kappa shape index (κ3) is 3.72. The number of methoxy groups -OCH3 is 1. The zero-order valence-electron chi connectivity index (χ0n) is 11.5. The number of ether oxygens (including phenoxy) is 1. The minimum atomic E-state index is -0.555. The van der Waals surface area contributed by atoms with Crippen molar-refractivity contribution in [3.8, 4) is 5.75 Å². The van der Waals surface area contributed by atoms with Crippen molar-refractivity contribution >= 4 is 21.8 Å². The van der Waals surface area contributed by atoms with Gasteiger partial charge in [0.2, 0.25) is 0 Å². The van der Waals surface area contributed by atoms with Crippen LogP contribution < -0.4 is 10.1 Å². The van der Waals surface area contributed by atoms with Gasteiger partial charge < -0.3 is 10.1 Å². The molecule has 110 valence electrons. The lowest BCUT2D eigenvalue weighted by atomic mass is 9.89. The summed E-state index contributed by atoms with van der Waals surface area (Å²) in [6.07, 6.45) is 4.66. The van der Waals surface area contributed by atoms with Crippen molar-refractivity contribution in [1.82, 2.24) is 5.32 Å². The molecule has 0 aliphatic heterocycles. The molecular weight excluding hydrogens is 325 g/mol. The molecule has 1 aliphatic rings. The Morgan fingerprint density at radius 1 is 1.45 bits per heavy atom. The Bertz CT molecular complexity index is 481. The summed E-state index contributed by atoms with van der Waals surface area (Å²) in [5.74, 6) is -0.0859. The molecule has 1 aromatic rings. The summed E-state index contributed by atoms with van der Waals surface area (Å²) in [6, 6.07) is 4.27.